The molecule has 0 radical (unpaired) electrons. The second kappa shape index (κ2) is 6.89. The minimum atomic E-state index is -0.518. The summed E-state index contributed by atoms with van der Waals surface area (Å²) in [6, 6.07) is 3.62. The van der Waals surface area contributed by atoms with E-state index in [1.807, 2.05) is 6.07 Å². The molecule has 1 fully saturated rings. The molecule has 116 valence electrons. The zero-order valence-corrected chi connectivity index (χ0v) is 13.1. The van der Waals surface area contributed by atoms with Gasteiger partial charge < -0.3 is 14.6 Å². The molecule has 1 aliphatic heterocycles. The highest BCUT2D eigenvalue weighted by atomic mass is 35.5. The largest absolute Gasteiger partial charge is 0.490 e. The molecule has 3 nitrogen and oxygen atoms in total. The predicted molar refractivity (Wildman–Crippen MR) is 83.2 cm³/mol. The van der Waals surface area contributed by atoms with Gasteiger partial charge in [-0.25, -0.2) is 0 Å². The van der Waals surface area contributed by atoms with Crippen LogP contribution in [-0.2, 0) is 0 Å². The fraction of sp³-hybridized carbons (Fsp3) is 0.647. The Labute approximate surface area is 131 Å². The Bertz CT molecular complexity index is 483. The summed E-state index contributed by atoms with van der Waals surface area (Å²) in [7, 11) is 0. The molecule has 1 unspecified atom stereocenters. The summed E-state index contributed by atoms with van der Waals surface area (Å²) in [5.41, 5.74) is 0.763. The van der Waals surface area contributed by atoms with Gasteiger partial charge in [-0.1, -0.05) is 37.3 Å². The molecule has 0 amide bonds. The van der Waals surface area contributed by atoms with Crippen molar-refractivity contribution in [3.8, 4) is 11.5 Å². The number of ether oxygens (including phenoxy) is 2. The molecular formula is C17H23ClO3. The van der Waals surface area contributed by atoms with Gasteiger partial charge in [0.2, 0.25) is 0 Å². The van der Waals surface area contributed by atoms with Crippen LogP contribution in [-0.4, -0.2) is 18.3 Å². The van der Waals surface area contributed by atoms with Crippen molar-refractivity contribution in [1.29, 1.82) is 0 Å². The van der Waals surface area contributed by atoms with E-state index in [-0.39, 0.29) is 0 Å². The highest BCUT2D eigenvalue weighted by Crippen LogP contribution is 2.39. The number of hydrogen-bond acceptors (Lipinski definition) is 3. The van der Waals surface area contributed by atoms with Crippen LogP contribution in [0.3, 0.4) is 0 Å². The Morgan fingerprint density at radius 1 is 1.10 bits per heavy atom. The topological polar surface area (TPSA) is 38.7 Å². The first-order valence-corrected chi connectivity index (χ1v) is 8.39. The minimum absolute atomic E-state index is 0.518. The second-order valence-electron chi connectivity index (χ2n) is 6.11. The van der Waals surface area contributed by atoms with Crippen LogP contribution in [0, 0.1) is 5.92 Å². The minimum Gasteiger partial charge on any atom is -0.490 e. The summed E-state index contributed by atoms with van der Waals surface area (Å²) in [6.45, 7) is 1.29. The van der Waals surface area contributed by atoms with E-state index in [1.54, 1.807) is 6.07 Å². The normalized spacial score (nSPS) is 20.3. The zero-order valence-electron chi connectivity index (χ0n) is 12.3. The highest BCUT2D eigenvalue weighted by molar-refractivity contribution is 6.31. The molecule has 0 aromatic heterocycles. The quantitative estimate of drug-likeness (QED) is 0.889. The molecule has 1 atom stereocenters. The van der Waals surface area contributed by atoms with E-state index in [9.17, 15) is 5.11 Å². The van der Waals surface area contributed by atoms with Crippen molar-refractivity contribution in [1.82, 2.24) is 0 Å². The van der Waals surface area contributed by atoms with Crippen LogP contribution in [0.5, 0.6) is 11.5 Å². The summed E-state index contributed by atoms with van der Waals surface area (Å²) < 4.78 is 11.3. The molecule has 2 aliphatic rings. The predicted octanol–water partition coefficient (Wildman–Crippen LogP) is 4.51. The summed E-state index contributed by atoms with van der Waals surface area (Å²) in [4.78, 5) is 0. The van der Waals surface area contributed by atoms with Gasteiger partial charge in [0.05, 0.1) is 24.3 Å². The van der Waals surface area contributed by atoms with E-state index in [0.717, 1.165) is 30.7 Å². The van der Waals surface area contributed by atoms with Gasteiger partial charge in [-0.2, -0.15) is 0 Å². The number of benzene rings is 1. The Morgan fingerprint density at radius 3 is 2.48 bits per heavy atom. The molecule has 1 aromatic rings. The van der Waals surface area contributed by atoms with Crippen LogP contribution in [0.1, 0.15) is 56.6 Å². The molecule has 1 saturated carbocycles. The third kappa shape index (κ3) is 3.64. The van der Waals surface area contributed by atoms with Gasteiger partial charge in [0, 0.05) is 18.1 Å². The third-order valence-electron chi connectivity index (χ3n) is 4.55. The lowest BCUT2D eigenvalue weighted by Crippen LogP contribution is -2.03. The number of fused-ring (bicyclic) bond motifs is 1. The maximum Gasteiger partial charge on any atom is 0.162 e. The van der Waals surface area contributed by atoms with Crippen LogP contribution in [0.25, 0.3) is 0 Å². The van der Waals surface area contributed by atoms with Crippen LogP contribution in [0.2, 0.25) is 5.02 Å². The summed E-state index contributed by atoms with van der Waals surface area (Å²) in [6.07, 6.45) is 7.48. The van der Waals surface area contributed by atoms with Crippen LogP contribution < -0.4 is 9.47 Å². The van der Waals surface area contributed by atoms with Crippen LogP contribution in [0.15, 0.2) is 12.1 Å². The maximum absolute atomic E-state index is 10.5. The van der Waals surface area contributed by atoms with Gasteiger partial charge in [0.25, 0.3) is 0 Å². The summed E-state index contributed by atoms with van der Waals surface area (Å²) in [5.74, 6) is 2.16. The molecule has 0 spiro atoms. The Balaban J connectivity index is 1.69. The summed E-state index contributed by atoms with van der Waals surface area (Å²) >= 11 is 6.31. The van der Waals surface area contributed by atoms with E-state index in [0.29, 0.717) is 29.7 Å². The van der Waals surface area contributed by atoms with Gasteiger partial charge in [0.15, 0.2) is 11.5 Å². The third-order valence-corrected chi connectivity index (χ3v) is 4.88. The zero-order chi connectivity index (χ0) is 14.7. The molecule has 1 aromatic carbocycles. The number of halogens is 1. The lowest BCUT2D eigenvalue weighted by Gasteiger charge is -2.17. The first kappa shape index (κ1) is 15.0. The van der Waals surface area contributed by atoms with Crippen molar-refractivity contribution in [3.63, 3.8) is 0 Å². The molecule has 0 saturated heterocycles. The van der Waals surface area contributed by atoms with Crippen molar-refractivity contribution >= 4 is 11.6 Å². The molecule has 1 aliphatic carbocycles. The van der Waals surface area contributed by atoms with E-state index >= 15 is 0 Å². The van der Waals surface area contributed by atoms with Crippen molar-refractivity contribution in [2.24, 2.45) is 5.92 Å². The lowest BCUT2D eigenvalue weighted by molar-refractivity contribution is 0.156. The molecule has 4 heteroatoms. The number of hydrogen-bond donors (Lipinski definition) is 1. The molecule has 1 heterocycles. The molecular weight excluding hydrogens is 288 g/mol. The first-order chi connectivity index (χ1) is 10.2. The second-order valence-corrected chi connectivity index (χ2v) is 6.52. The number of aliphatic hydroxyl groups excluding tert-OH is 1. The van der Waals surface area contributed by atoms with Crippen molar-refractivity contribution in [2.75, 3.05) is 13.2 Å². The fourth-order valence-corrected chi connectivity index (χ4v) is 3.58. The van der Waals surface area contributed by atoms with Gasteiger partial charge in [0.1, 0.15) is 0 Å². The Hall–Kier alpha value is -0.930. The number of aliphatic hydroxyl groups is 1. The monoisotopic (exact) mass is 310 g/mol. The molecule has 3 rings (SSSR count). The average molecular weight is 311 g/mol. The van der Waals surface area contributed by atoms with Crippen molar-refractivity contribution < 1.29 is 14.6 Å². The van der Waals surface area contributed by atoms with E-state index in [2.05, 4.69) is 0 Å². The van der Waals surface area contributed by atoms with Crippen LogP contribution >= 0.6 is 11.6 Å². The first-order valence-electron chi connectivity index (χ1n) is 8.01. The summed E-state index contributed by atoms with van der Waals surface area (Å²) in [5, 5.41) is 11.0. The molecule has 0 bridgehead atoms. The smallest absolute Gasteiger partial charge is 0.162 e. The Kier molecular flexibility index (Phi) is 4.91. The van der Waals surface area contributed by atoms with Crippen molar-refractivity contribution in [2.45, 2.75) is 51.0 Å². The molecule has 21 heavy (non-hydrogen) atoms. The van der Waals surface area contributed by atoms with E-state index in [4.69, 9.17) is 21.1 Å². The number of rotatable bonds is 4. The van der Waals surface area contributed by atoms with Gasteiger partial charge in [-0.15, -0.1) is 0 Å². The highest BCUT2D eigenvalue weighted by Gasteiger charge is 2.21. The average Bonchev–Trinajstić information content (AvgIpc) is 2.89. The Morgan fingerprint density at radius 2 is 1.76 bits per heavy atom. The van der Waals surface area contributed by atoms with Gasteiger partial charge in [-0.3, -0.25) is 0 Å². The fourth-order valence-electron chi connectivity index (χ4n) is 3.30. The van der Waals surface area contributed by atoms with Crippen molar-refractivity contribution in [3.05, 3.63) is 22.7 Å². The van der Waals surface area contributed by atoms with Gasteiger partial charge >= 0.3 is 0 Å². The van der Waals surface area contributed by atoms with E-state index in [1.165, 1.54) is 25.7 Å². The lowest BCUT2D eigenvalue weighted by atomic mass is 9.96. The maximum atomic E-state index is 10.5. The standard InChI is InChI=1S/C17H23ClO3/c18-14-11-17-16(20-8-3-9-21-17)10-13(14)15(19)7-6-12-4-1-2-5-12/h10-12,15,19H,1-9H2. The SMILES string of the molecule is OC(CCC1CCCC1)c1cc2c(cc1Cl)OCCCO2. The molecule has 1 N–H and O–H groups in total. The van der Waals surface area contributed by atoms with Crippen LogP contribution in [0.4, 0.5) is 0 Å². The van der Waals surface area contributed by atoms with E-state index < -0.39 is 6.10 Å². The van der Waals surface area contributed by atoms with Gasteiger partial charge in [-0.05, 0) is 24.8 Å².